The van der Waals surface area contributed by atoms with Crippen molar-refractivity contribution in [2.45, 2.75) is 43.4 Å². The Morgan fingerprint density at radius 1 is 1.20 bits per heavy atom. The fourth-order valence-corrected chi connectivity index (χ4v) is 3.98. The summed E-state index contributed by atoms with van der Waals surface area (Å²) in [6.45, 7) is 1.77. The summed E-state index contributed by atoms with van der Waals surface area (Å²) >= 11 is 1.16. The van der Waals surface area contributed by atoms with E-state index in [1.807, 2.05) is 36.4 Å². The SMILES string of the molecule is Cc1cc(C2CCCCC2C(=O)Nc2cccc(SN)c2)ccc1F. The van der Waals surface area contributed by atoms with E-state index in [9.17, 15) is 9.18 Å². The first-order chi connectivity index (χ1) is 12.1. The number of carbonyl (C=O) groups excluding carboxylic acids is 1. The number of nitrogens with one attached hydrogen (secondary N) is 1. The summed E-state index contributed by atoms with van der Waals surface area (Å²) in [5.41, 5.74) is 2.46. The van der Waals surface area contributed by atoms with Crippen LogP contribution in [-0.2, 0) is 4.79 Å². The zero-order chi connectivity index (χ0) is 17.8. The number of amides is 1. The lowest BCUT2D eigenvalue weighted by Crippen LogP contribution is -2.30. The van der Waals surface area contributed by atoms with Crippen molar-refractivity contribution in [3.05, 3.63) is 59.4 Å². The number of anilines is 1. The van der Waals surface area contributed by atoms with Crippen molar-refractivity contribution in [2.24, 2.45) is 11.1 Å². The molecule has 2 atom stereocenters. The third-order valence-corrected chi connectivity index (χ3v) is 5.48. The maximum Gasteiger partial charge on any atom is 0.228 e. The van der Waals surface area contributed by atoms with Gasteiger partial charge in [0.15, 0.2) is 0 Å². The Hall–Kier alpha value is -1.85. The summed E-state index contributed by atoms with van der Waals surface area (Å²) in [6.07, 6.45) is 3.97. The molecule has 3 nitrogen and oxygen atoms in total. The second-order valence-electron chi connectivity index (χ2n) is 6.64. The molecule has 1 amide bonds. The highest BCUT2D eigenvalue weighted by Crippen LogP contribution is 2.39. The number of halogens is 1. The molecule has 5 heteroatoms. The number of rotatable bonds is 4. The number of benzene rings is 2. The number of nitrogens with two attached hydrogens (primary N) is 1. The molecule has 0 spiro atoms. The van der Waals surface area contributed by atoms with Crippen molar-refractivity contribution in [3.63, 3.8) is 0 Å². The number of carbonyl (C=O) groups is 1. The largest absolute Gasteiger partial charge is 0.326 e. The van der Waals surface area contributed by atoms with Crippen LogP contribution in [0.3, 0.4) is 0 Å². The van der Waals surface area contributed by atoms with Gasteiger partial charge in [-0.1, -0.05) is 31.0 Å². The van der Waals surface area contributed by atoms with Gasteiger partial charge in [-0.05, 0) is 73.0 Å². The maximum atomic E-state index is 13.6. The summed E-state index contributed by atoms with van der Waals surface area (Å²) in [7, 11) is 0. The summed E-state index contributed by atoms with van der Waals surface area (Å²) < 4.78 is 13.6. The minimum Gasteiger partial charge on any atom is -0.326 e. The van der Waals surface area contributed by atoms with Crippen LogP contribution in [-0.4, -0.2) is 5.91 Å². The molecule has 0 aromatic heterocycles. The van der Waals surface area contributed by atoms with Gasteiger partial charge in [0, 0.05) is 16.5 Å². The van der Waals surface area contributed by atoms with Crippen LogP contribution in [0.25, 0.3) is 0 Å². The second-order valence-corrected chi connectivity index (χ2v) is 7.35. The van der Waals surface area contributed by atoms with Crippen molar-refractivity contribution in [1.82, 2.24) is 0 Å². The fraction of sp³-hybridized carbons (Fsp3) is 0.350. The molecule has 2 aromatic rings. The molecule has 1 aliphatic rings. The summed E-state index contributed by atoms with van der Waals surface area (Å²) in [5, 5.41) is 8.62. The molecule has 0 aliphatic heterocycles. The Morgan fingerprint density at radius 2 is 2.00 bits per heavy atom. The Morgan fingerprint density at radius 3 is 2.76 bits per heavy atom. The highest BCUT2D eigenvalue weighted by atomic mass is 32.2. The van der Waals surface area contributed by atoms with Gasteiger partial charge < -0.3 is 5.32 Å². The van der Waals surface area contributed by atoms with Gasteiger partial charge in [-0.2, -0.15) is 0 Å². The zero-order valence-corrected chi connectivity index (χ0v) is 15.1. The van der Waals surface area contributed by atoms with Crippen molar-refractivity contribution in [1.29, 1.82) is 0 Å². The van der Waals surface area contributed by atoms with E-state index in [0.717, 1.165) is 53.8 Å². The molecule has 132 valence electrons. The monoisotopic (exact) mass is 358 g/mol. The molecule has 1 saturated carbocycles. The molecular weight excluding hydrogens is 335 g/mol. The predicted octanol–water partition coefficient (Wildman–Crippen LogP) is 5.01. The lowest BCUT2D eigenvalue weighted by molar-refractivity contribution is -0.121. The highest BCUT2D eigenvalue weighted by molar-refractivity contribution is 7.97. The Kier molecular flexibility index (Phi) is 5.76. The van der Waals surface area contributed by atoms with Crippen LogP contribution in [0.2, 0.25) is 0 Å². The molecule has 2 aromatic carbocycles. The Labute approximate surface area is 152 Å². The first-order valence-corrected chi connectivity index (χ1v) is 9.50. The van der Waals surface area contributed by atoms with Gasteiger partial charge in [-0.15, -0.1) is 0 Å². The van der Waals surface area contributed by atoms with Crippen molar-refractivity contribution in [2.75, 3.05) is 5.32 Å². The average molecular weight is 358 g/mol. The molecule has 0 radical (unpaired) electrons. The van der Waals surface area contributed by atoms with Gasteiger partial charge in [0.25, 0.3) is 0 Å². The van der Waals surface area contributed by atoms with Gasteiger partial charge in [0.2, 0.25) is 5.91 Å². The summed E-state index contributed by atoms with van der Waals surface area (Å²) in [5.74, 6) is -0.115. The van der Waals surface area contributed by atoms with E-state index >= 15 is 0 Å². The smallest absolute Gasteiger partial charge is 0.228 e. The van der Waals surface area contributed by atoms with E-state index in [2.05, 4.69) is 5.32 Å². The van der Waals surface area contributed by atoms with Crippen LogP contribution in [0, 0.1) is 18.7 Å². The third kappa shape index (κ3) is 4.22. The standard InChI is InChI=1S/C20H23FN2OS/c1-13-11-14(9-10-19(13)21)17-7-2-3-8-18(17)20(24)23-15-5-4-6-16(12-15)25-22/h4-6,9-12,17-18H,2-3,7-8,22H2,1H3,(H,23,24). The van der Waals surface area contributed by atoms with E-state index in [1.165, 1.54) is 6.07 Å². The van der Waals surface area contributed by atoms with Crippen molar-refractivity contribution >= 4 is 23.5 Å². The van der Waals surface area contributed by atoms with E-state index < -0.39 is 0 Å². The summed E-state index contributed by atoms with van der Waals surface area (Å²) in [6, 6.07) is 12.8. The molecular formula is C20H23FN2OS. The normalized spacial score (nSPS) is 20.3. The fourth-order valence-electron chi connectivity index (χ4n) is 3.62. The van der Waals surface area contributed by atoms with Gasteiger partial charge in [0.1, 0.15) is 5.82 Å². The zero-order valence-electron chi connectivity index (χ0n) is 14.3. The van der Waals surface area contributed by atoms with Crippen LogP contribution in [0.1, 0.15) is 42.7 Å². The Balaban J connectivity index is 1.79. The quantitative estimate of drug-likeness (QED) is 0.755. The molecule has 2 unspecified atom stereocenters. The predicted molar refractivity (Wildman–Crippen MR) is 101 cm³/mol. The van der Waals surface area contributed by atoms with Gasteiger partial charge in [-0.25, -0.2) is 4.39 Å². The third-order valence-electron chi connectivity index (χ3n) is 4.95. The van der Waals surface area contributed by atoms with Gasteiger partial charge >= 0.3 is 0 Å². The van der Waals surface area contributed by atoms with Crippen molar-refractivity contribution < 1.29 is 9.18 Å². The molecule has 3 N–H and O–H groups in total. The van der Waals surface area contributed by atoms with Crippen LogP contribution in [0.15, 0.2) is 47.4 Å². The van der Waals surface area contributed by atoms with E-state index in [1.54, 1.807) is 6.92 Å². The van der Waals surface area contributed by atoms with Crippen LogP contribution >= 0.6 is 11.9 Å². The van der Waals surface area contributed by atoms with Crippen LogP contribution in [0.4, 0.5) is 10.1 Å². The first kappa shape index (κ1) is 18.0. The van der Waals surface area contributed by atoms with E-state index in [-0.39, 0.29) is 23.6 Å². The molecule has 1 fully saturated rings. The van der Waals surface area contributed by atoms with E-state index in [0.29, 0.717) is 5.56 Å². The molecule has 25 heavy (non-hydrogen) atoms. The topological polar surface area (TPSA) is 55.1 Å². The minimum absolute atomic E-state index is 0.0332. The first-order valence-electron chi connectivity index (χ1n) is 8.62. The van der Waals surface area contributed by atoms with E-state index in [4.69, 9.17) is 5.14 Å². The summed E-state index contributed by atoms with van der Waals surface area (Å²) in [4.78, 5) is 13.8. The molecule has 0 heterocycles. The van der Waals surface area contributed by atoms with Crippen LogP contribution in [0.5, 0.6) is 0 Å². The van der Waals surface area contributed by atoms with Gasteiger partial charge in [0.05, 0.1) is 0 Å². The van der Waals surface area contributed by atoms with Crippen molar-refractivity contribution in [3.8, 4) is 0 Å². The number of hydrogen-bond acceptors (Lipinski definition) is 3. The average Bonchev–Trinajstić information content (AvgIpc) is 2.64. The second kappa shape index (κ2) is 8.02. The molecule has 1 aliphatic carbocycles. The molecule has 0 bridgehead atoms. The highest BCUT2D eigenvalue weighted by Gasteiger charge is 2.32. The molecule has 3 rings (SSSR count). The van der Waals surface area contributed by atoms with Crippen LogP contribution < -0.4 is 10.5 Å². The number of hydrogen-bond donors (Lipinski definition) is 2. The maximum absolute atomic E-state index is 13.6. The lowest BCUT2D eigenvalue weighted by atomic mass is 9.74. The van der Waals surface area contributed by atoms with Gasteiger partial charge in [-0.3, -0.25) is 9.93 Å². The minimum atomic E-state index is -0.198. The Bertz CT molecular complexity index is 765. The lowest BCUT2D eigenvalue weighted by Gasteiger charge is -2.31. The number of aryl methyl sites for hydroxylation is 1. The molecule has 0 saturated heterocycles.